The first kappa shape index (κ1) is 16.1. The first-order valence-electron chi connectivity index (χ1n) is 7.33. The third-order valence-electron chi connectivity index (χ3n) is 3.77. The van der Waals surface area contributed by atoms with Gasteiger partial charge in [0.1, 0.15) is 0 Å². The van der Waals surface area contributed by atoms with E-state index >= 15 is 0 Å². The maximum absolute atomic E-state index is 12.2. The number of aromatic carboxylic acids is 1. The number of hydrogen-bond donors (Lipinski definition) is 1. The van der Waals surface area contributed by atoms with E-state index in [2.05, 4.69) is 6.92 Å². The fraction of sp³-hybridized carbons (Fsp3) is 0.500. The zero-order chi connectivity index (χ0) is 16.1. The van der Waals surface area contributed by atoms with Crippen LogP contribution in [0.2, 0.25) is 0 Å². The molecule has 0 spiro atoms. The van der Waals surface area contributed by atoms with Gasteiger partial charge in [-0.1, -0.05) is 6.92 Å². The topological polar surface area (TPSA) is 76.1 Å². The number of carbonyl (C=O) groups is 2. The molecule has 1 aliphatic heterocycles. The highest BCUT2D eigenvalue weighted by atomic mass is 16.5. The predicted molar refractivity (Wildman–Crippen MR) is 80.4 cm³/mol. The van der Waals surface area contributed by atoms with Crippen molar-refractivity contribution in [3.8, 4) is 11.5 Å². The summed E-state index contributed by atoms with van der Waals surface area (Å²) in [5.41, 5.74) is 0.111. The third-order valence-corrected chi connectivity index (χ3v) is 3.77. The molecule has 1 saturated heterocycles. The molecule has 1 N–H and O–H groups in total. The number of hydrogen-bond acceptors (Lipinski definition) is 4. The van der Waals surface area contributed by atoms with Crippen molar-refractivity contribution in [1.82, 2.24) is 4.90 Å². The molecule has 1 atom stereocenters. The van der Waals surface area contributed by atoms with Crippen molar-refractivity contribution in [3.63, 3.8) is 0 Å². The monoisotopic (exact) mass is 307 g/mol. The molecule has 0 radical (unpaired) electrons. The van der Waals surface area contributed by atoms with Crippen molar-refractivity contribution in [2.45, 2.75) is 19.8 Å². The third kappa shape index (κ3) is 3.90. The number of likely N-dealkylation sites (tertiary alicyclic amines) is 1. The van der Waals surface area contributed by atoms with Crippen LogP contribution < -0.4 is 9.47 Å². The number of ether oxygens (including phenoxy) is 2. The van der Waals surface area contributed by atoms with E-state index in [1.54, 1.807) is 0 Å². The van der Waals surface area contributed by atoms with Crippen molar-refractivity contribution >= 4 is 11.9 Å². The van der Waals surface area contributed by atoms with Gasteiger partial charge in [0.25, 0.3) is 5.91 Å². The van der Waals surface area contributed by atoms with Crippen molar-refractivity contribution < 1.29 is 24.2 Å². The van der Waals surface area contributed by atoms with Gasteiger partial charge in [-0.05, 0) is 37.0 Å². The zero-order valence-electron chi connectivity index (χ0n) is 12.9. The molecule has 1 aliphatic rings. The molecule has 22 heavy (non-hydrogen) atoms. The van der Waals surface area contributed by atoms with Gasteiger partial charge < -0.3 is 19.5 Å². The molecule has 6 nitrogen and oxygen atoms in total. The average molecular weight is 307 g/mol. The average Bonchev–Trinajstić information content (AvgIpc) is 2.52. The Bertz CT molecular complexity index is 557. The molecule has 0 saturated carbocycles. The van der Waals surface area contributed by atoms with Gasteiger partial charge in [0.15, 0.2) is 18.1 Å². The van der Waals surface area contributed by atoms with Gasteiger partial charge in [0.2, 0.25) is 0 Å². The van der Waals surface area contributed by atoms with E-state index in [9.17, 15) is 9.59 Å². The number of carbonyl (C=O) groups excluding carboxylic acids is 1. The smallest absolute Gasteiger partial charge is 0.335 e. The normalized spacial score (nSPS) is 17.9. The molecule has 1 heterocycles. The minimum Gasteiger partial charge on any atom is -0.493 e. The number of piperidine rings is 1. The molecule has 1 amide bonds. The second-order valence-corrected chi connectivity index (χ2v) is 5.55. The Morgan fingerprint density at radius 1 is 1.36 bits per heavy atom. The molecule has 0 aromatic heterocycles. The molecule has 0 unspecified atom stereocenters. The Hall–Kier alpha value is -2.24. The fourth-order valence-electron chi connectivity index (χ4n) is 2.57. The van der Waals surface area contributed by atoms with Gasteiger partial charge in [-0.2, -0.15) is 0 Å². The summed E-state index contributed by atoms with van der Waals surface area (Å²) in [4.78, 5) is 24.9. The molecule has 6 heteroatoms. The first-order valence-corrected chi connectivity index (χ1v) is 7.33. The highest BCUT2D eigenvalue weighted by Gasteiger charge is 2.21. The lowest BCUT2D eigenvalue weighted by atomic mass is 10.0. The lowest BCUT2D eigenvalue weighted by Gasteiger charge is -2.30. The molecule has 1 fully saturated rings. The van der Waals surface area contributed by atoms with E-state index < -0.39 is 5.97 Å². The van der Waals surface area contributed by atoms with Crippen molar-refractivity contribution in [2.75, 3.05) is 26.8 Å². The summed E-state index contributed by atoms with van der Waals surface area (Å²) >= 11 is 0. The van der Waals surface area contributed by atoms with Crippen LogP contribution in [0.15, 0.2) is 18.2 Å². The Morgan fingerprint density at radius 2 is 2.14 bits per heavy atom. The van der Waals surface area contributed by atoms with Gasteiger partial charge >= 0.3 is 5.97 Å². The number of amides is 1. The van der Waals surface area contributed by atoms with Crippen molar-refractivity contribution in [2.24, 2.45) is 5.92 Å². The molecular weight excluding hydrogens is 286 g/mol. The summed E-state index contributed by atoms with van der Waals surface area (Å²) in [7, 11) is 1.43. The quantitative estimate of drug-likeness (QED) is 0.900. The largest absolute Gasteiger partial charge is 0.493 e. The molecule has 120 valence electrons. The first-order chi connectivity index (χ1) is 10.5. The number of carboxylic acids is 1. The lowest BCUT2D eigenvalue weighted by Crippen LogP contribution is -2.41. The standard InChI is InChI=1S/C16H21NO5/c1-11-4-3-7-17(9-11)15(18)10-22-13-6-5-12(16(19)20)8-14(13)21-2/h5-6,8,11H,3-4,7,9-10H2,1-2H3,(H,19,20)/t11-/m0/s1. The van der Waals surface area contributed by atoms with Crippen molar-refractivity contribution in [1.29, 1.82) is 0 Å². The highest BCUT2D eigenvalue weighted by molar-refractivity contribution is 5.88. The fourth-order valence-corrected chi connectivity index (χ4v) is 2.57. The van der Waals surface area contributed by atoms with Crippen LogP contribution in [0, 0.1) is 5.92 Å². The van der Waals surface area contributed by atoms with E-state index in [1.807, 2.05) is 4.90 Å². The Kier molecular flexibility index (Phi) is 5.25. The van der Waals surface area contributed by atoms with Gasteiger partial charge in [-0.3, -0.25) is 4.79 Å². The maximum Gasteiger partial charge on any atom is 0.335 e. The molecule has 1 aromatic carbocycles. The van der Waals surface area contributed by atoms with E-state index in [0.29, 0.717) is 17.4 Å². The van der Waals surface area contributed by atoms with Gasteiger partial charge in [-0.15, -0.1) is 0 Å². The van der Waals surface area contributed by atoms with E-state index in [1.165, 1.54) is 25.3 Å². The predicted octanol–water partition coefficient (Wildman–Crippen LogP) is 2.03. The Morgan fingerprint density at radius 3 is 2.77 bits per heavy atom. The molecular formula is C16H21NO5. The summed E-state index contributed by atoms with van der Waals surface area (Å²) in [6, 6.07) is 4.31. The zero-order valence-corrected chi connectivity index (χ0v) is 12.9. The SMILES string of the molecule is COc1cc(C(=O)O)ccc1OCC(=O)N1CCC[C@H](C)C1. The lowest BCUT2D eigenvalue weighted by molar-refractivity contribution is -0.135. The molecule has 0 bridgehead atoms. The summed E-state index contributed by atoms with van der Waals surface area (Å²) in [5, 5.41) is 8.95. The van der Waals surface area contributed by atoms with Crippen LogP contribution in [0.25, 0.3) is 0 Å². The summed E-state index contributed by atoms with van der Waals surface area (Å²) in [6.07, 6.45) is 2.17. The summed E-state index contributed by atoms with van der Waals surface area (Å²) in [5.74, 6) is 0.0897. The second kappa shape index (κ2) is 7.15. The van der Waals surface area contributed by atoms with E-state index in [-0.39, 0.29) is 18.1 Å². The van der Waals surface area contributed by atoms with Crippen LogP contribution in [0.5, 0.6) is 11.5 Å². The van der Waals surface area contributed by atoms with Crippen molar-refractivity contribution in [3.05, 3.63) is 23.8 Å². The Balaban J connectivity index is 1.98. The summed E-state index contributed by atoms with van der Waals surface area (Å²) in [6.45, 7) is 3.59. The van der Waals surface area contributed by atoms with Crippen LogP contribution in [0.4, 0.5) is 0 Å². The number of rotatable bonds is 5. The number of nitrogens with zero attached hydrogens (tertiary/aromatic N) is 1. The number of benzene rings is 1. The van der Waals surface area contributed by atoms with E-state index in [4.69, 9.17) is 14.6 Å². The van der Waals surface area contributed by atoms with Crippen LogP contribution in [-0.2, 0) is 4.79 Å². The minimum atomic E-state index is -1.04. The maximum atomic E-state index is 12.2. The minimum absolute atomic E-state index is 0.0593. The second-order valence-electron chi connectivity index (χ2n) is 5.55. The van der Waals surface area contributed by atoms with Gasteiger partial charge in [-0.25, -0.2) is 4.79 Å². The van der Waals surface area contributed by atoms with E-state index in [0.717, 1.165) is 25.9 Å². The number of methoxy groups -OCH3 is 1. The number of carboxylic acid groups (broad SMARTS) is 1. The van der Waals surface area contributed by atoms with Gasteiger partial charge in [0, 0.05) is 13.1 Å². The molecule has 0 aliphatic carbocycles. The highest BCUT2D eigenvalue weighted by Crippen LogP contribution is 2.28. The van der Waals surface area contributed by atoms with Crippen LogP contribution in [0.3, 0.4) is 0 Å². The Labute approximate surface area is 129 Å². The molecule has 1 aromatic rings. The van der Waals surface area contributed by atoms with Crippen LogP contribution in [0.1, 0.15) is 30.1 Å². The van der Waals surface area contributed by atoms with Crippen LogP contribution >= 0.6 is 0 Å². The van der Waals surface area contributed by atoms with Crippen LogP contribution in [-0.4, -0.2) is 48.7 Å². The molecule has 2 rings (SSSR count). The van der Waals surface area contributed by atoms with Gasteiger partial charge in [0.05, 0.1) is 12.7 Å². The summed E-state index contributed by atoms with van der Waals surface area (Å²) < 4.78 is 10.6.